The Morgan fingerprint density at radius 1 is 0.846 bits per heavy atom. The first-order valence-corrected chi connectivity index (χ1v) is 9.85. The number of sulfonamides is 1. The maximum absolute atomic E-state index is 14.4. The first-order valence-electron chi connectivity index (χ1n) is 7.66. The SMILES string of the molecule is O=S(=O)(c1ccccc1)N(Cc1ccc(Cl)c(Cl)c1)c1ccccc1F. The second kappa shape index (κ2) is 7.66. The summed E-state index contributed by atoms with van der Waals surface area (Å²) in [6, 6.07) is 18.4. The lowest BCUT2D eigenvalue weighted by Gasteiger charge is -2.25. The molecular weight excluding hydrogens is 396 g/mol. The molecule has 0 aliphatic rings. The molecule has 0 unspecified atom stereocenters. The van der Waals surface area contributed by atoms with Crippen LogP contribution in [0.15, 0.2) is 77.7 Å². The van der Waals surface area contributed by atoms with E-state index in [9.17, 15) is 12.8 Å². The van der Waals surface area contributed by atoms with Gasteiger partial charge in [-0.2, -0.15) is 0 Å². The highest BCUT2D eigenvalue weighted by atomic mass is 35.5. The van der Waals surface area contributed by atoms with Gasteiger partial charge in [0.25, 0.3) is 10.0 Å². The van der Waals surface area contributed by atoms with E-state index in [1.165, 1.54) is 30.3 Å². The van der Waals surface area contributed by atoms with Crippen molar-refractivity contribution in [1.82, 2.24) is 0 Å². The van der Waals surface area contributed by atoms with Gasteiger partial charge in [0.15, 0.2) is 0 Å². The molecule has 0 bridgehead atoms. The topological polar surface area (TPSA) is 37.4 Å². The molecule has 0 saturated heterocycles. The van der Waals surface area contributed by atoms with E-state index in [2.05, 4.69) is 0 Å². The number of hydrogen-bond donors (Lipinski definition) is 0. The average molecular weight is 410 g/mol. The Bertz CT molecular complexity index is 1030. The number of halogens is 3. The summed E-state index contributed by atoms with van der Waals surface area (Å²) in [5.74, 6) is -0.632. The maximum Gasteiger partial charge on any atom is 0.264 e. The van der Waals surface area contributed by atoms with E-state index in [1.54, 1.807) is 42.5 Å². The van der Waals surface area contributed by atoms with Gasteiger partial charge in [0.05, 0.1) is 27.2 Å². The number of nitrogens with zero attached hydrogens (tertiary/aromatic N) is 1. The van der Waals surface area contributed by atoms with Crippen molar-refractivity contribution in [3.8, 4) is 0 Å². The molecule has 0 aliphatic heterocycles. The molecule has 0 fully saturated rings. The quantitative estimate of drug-likeness (QED) is 0.555. The van der Waals surface area contributed by atoms with Crippen molar-refractivity contribution in [2.24, 2.45) is 0 Å². The smallest absolute Gasteiger partial charge is 0.259 e. The highest BCUT2D eigenvalue weighted by Crippen LogP contribution is 2.30. The van der Waals surface area contributed by atoms with Crippen LogP contribution < -0.4 is 4.31 Å². The third-order valence-electron chi connectivity index (χ3n) is 3.76. The first-order chi connectivity index (χ1) is 12.4. The molecule has 0 aromatic heterocycles. The highest BCUT2D eigenvalue weighted by Gasteiger charge is 2.27. The van der Waals surface area contributed by atoms with Crippen LogP contribution in [0.3, 0.4) is 0 Å². The van der Waals surface area contributed by atoms with Gasteiger partial charge in [-0.25, -0.2) is 12.8 Å². The number of hydrogen-bond acceptors (Lipinski definition) is 2. The van der Waals surface area contributed by atoms with E-state index in [1.807, 2.05) is 0 Å². The first kappa shape index (κ1) is 18.7. The van der Waals surface area contributed by atoms with Gasteiger partial charge in [0.2, 0.25) is 0 Å². The highest BCUT2D eigenvalue weighted by molar-refractivity contribution is 7.92. The average Bonchev–Trinajstić information content (AvgIpc) is 2.64. The minimum atomic E-state index is -3.98. The molecule has 3 nitrogen and oxygen atoms in total. The molecule has 7 heteroatoms. The molecule has 134 valence electrons. The fraction of sp³-hybridized carbons (Fsp3) is 0.0526. The van der Waals surface area contributed by atoms with E-state index < -0.39 is 15.8 Å². The second-order valence-corrected chi connectivity index (χ2v) is 8.20. The Hall–Kier alpha value is -2.08. The second-order valence-electron chi connectivity index (χ2n) is 5.52. The van der Waals surface area contributed by atoms with Crippen LogP contribution in [0.25, 0.3) is 0 Å². The van der Waals surface area contributed by atoms with Gasteiger partial charge < -0.3 is 0 Å². The minimum absolute atomic E-state index is 0.0394. The minimum Gasteiger partial charge on any atom is -0.259 e. The van der Waals surface area contributed by atoms with E-state index in [0.29, 0.717) is 15.6 Å². The Balaban J connectivity index is 2.11. The molecule has 26 heavy (non-hydrogen) atoms. The van der Waals surface area contributed by atoms with Gasteiger partial charge in [0, 0.05) is 0 Å². The van der Waals surface area contributed by atoms with Crippen LogP contribution in [0.4, 0.5) is 10.1 Å². The molecule has 0 saturated carbocycles. The van der Waals surface area contributed by atoms with Gasteiger partial charge in [0.1, 0.15) is 5.82 Å². The van der Waals surface area contributed by atoms with Crippen molar-refractivity contribution in [1.29, 1.82) is 0 Å². The van der Waals surface area contributed by atoms with Crippen LogP contribution in [-0.2, 0) is 16.6 Å². The predicted octanol–water partition coefficient (Wildman–Crippen LogP) is 5.53. The Labute approximate surface area is 161 Å². The number of rotatable bonds is 5. The van der Waals surface area contributed by atoms with Crippen LogP contribution in [0, 0.1) is 5.82 Å². The zero-order chi connectivity index (χ0) is 18.7. The molecule has 3 aromatic rings. The van der Waals surface area contributed by atoms with Gasteiger partial charge in [-0.15, -0.1) is 0 Å². The van der Waals surface area contributed by atoms with Crippen molar-refractivity contribution in [2.75, 3.05) is 4.31 Å². The summed E-state index contributed by atoms with van der Waals surface area (Å²) in [5, 5.41) is 0.661. The zero-order valence-corrected chi connectivity index (χ0v) is 15.8. The van der Waals surface area contributed by atoms with Gasteiger partial charge in [-0.1, -0.05) is 59.6 Å². The molecule has 3 rings (SSSR count). The summed E-state index contributed by atoms with van der Waals surface area (Å²) in [4.78, 5) is 0.0725. The fourth-order valence-corrected chi connectivity index (χ4v) is 4.28. The molecule has 0 aliphatic carbocycles. The lowest BCUT2D eigenvalue weighted by Crippen LogP contribution is -2.31. The van der Waals surface area contributed by atoms with Crippen molar-refractivity contribution in [3.05, 3.63) is 94.2 Å². The standard InChI is InChI=1S/C19H14Cl2FNO2S/c20-16-11-10-14(12-17(16)21)13-23(19-9-5-4-8-18(19)22)26(24,25)15-6-2-1-3-7-15/h1-12H,13H2. The largest absolute Gasteiger partial charge is 0.264 e. The summed E-state index contributed by atoms with van der Waals surface area (Å²) < 4.78 is 41.7. The third-order valence-corrected chi connectivity index (χ3v) is 6.28. The summed E-state index contributed by atoms with van der Waals surface area (Å²) in [6.45, 7) is -0.0882. The summed E-state index contributed by atoms with van der Waals surface area (Å²) >= 11 is 12.0. The normalized spacial score (nSPS) is 11.3. The Morgan fingerprint density at radius 3 is 2.15 bits per heavy atom. The maximum atomic E-state index is 14.4. The molecule has 0 radical (unpaired) electrons. The molecule has 0 atom stereocenters. The van der Waals surface area contributed by atoms with Crippen LogP contribution in [-0.4, -0.2) is 8.42 Å². The number of para-hydroxylation sites is 1. The van der Waals surface area contributed by atoms with E-state index in [-0.39, 0.29) is 17.1 Å². The number of benzene rings is 3. The lowest BCUT2D eigenvalue weighted by atomic mass is 10.2. The van der Waals surface area contributed by atoms with Crippen molar-refractivity contribution < 1.29 is 12.8 Å². The molecule has 0 amide bonds. The van der Waals surface area contributed by atoms with Crippen molar-refractivity contribution >= 4 is 38.9 Å². The predicted molar refractivity (Wildman–Crippen MR) is 103 cm³/mol. The summed E-state index contributed by atoms with van der Waals surface area (Å²) in [7, 11) is -3.98. The zero-order valence-electron chi connectivity index (χ0n) is 13.4. The third kappa shape index (κ3) is 3.85. The van der Waals surface area contributed by atoms with Crippen molar-refractivity contribution in [3.63, 3.8) is 0 Å². The molecule has 3 aromatic carbocycles. The fourth-order valence-electron chi connectivity index (χ4n) is 2.48. The van der Waals surface area contributed by atoms with Crippen molar-refractivity contribution in [2.45, 2.75) is 11.4 Å². The van der Waals surface area contributed by atoms with Crippen LogP contribution in [0.1, 0.15) is 5.56 Å². The Morgan fingerprint density at radius 2 is 1.50 bits per heavy atom. The number of anilines is 1. The monoisotopic (exact) mass is 409 g/mol. The van der Waals surface area contributed by atoms with Gasteiger partial charge in [-0.3, -0.25) is 4.31 Å². The Kier molecular flexibility index (Phi) is 5.51. The van der Waals surface area contributed by atoms with Gasteiger partial charge in [-0.05, 0) is 42.0 Å². The van der Waals surface area contributed by atoms with Crippen LogP contribution >= 0.6 is 23.2 Å². The van der Waals surface area contributed by atoms with Crippen LogP contribution in [0.2, 0.25) is 10.0 Å². The van der Waals surface area contributed by atoms with E-state index in [4.69, 9.17) is 23.2 Å². The molecular formula is C19H14Cl2FNO2S. The molecule has 0 spiro atoms. The van der Waals surface area contributed by atoms with Crippen LogP contribution in [0.5, 0.6) is 0 Å². The molecule has 0 N–H and O–H groups in total. The summed E-state index contributed by atoms with van der Waals surface area (Å²) in [6.07, 6.45) is 0. The van der Waals surface area contributed by atoms with E-state index >= 15 is 0 Å². The molecule has 0 heterocycles. The summed E-state index contributed by atoms with van der Waals surface area (Å²) in [5.41, 5.74) is 0.546. The van der Waals surface area contributed by atoms with E-state index in [0.717, 1.165) is 4.31 Å². The lowest BCUT2D eigenvalue weighted by molar-refractivity contribution is 0.584. The van der Waals surface area contributed by atoms with Gasteiger partial charge >= 0.3 is 0 Å².